The van der Waals surface area contributed by atoms with Crippen molar-refractivity contribution in [3.8, 4) is 6.07 Å². The number of rotatable bonds is 19. The van der Waals surface area contributed by atoms with E-state index in [-0.39, 0.29) is 5.92 Å². The molecule has 0 saturated heterocycles. The molecule has 0 spiro atoms. The van der Waals surface area contributed by atoms with E-state index in [9.17, 15) is 5.26 Å². The number of benzene rings is 2. The highest BCUT2D eigenvalue weighted by Crippen LogP contribution is 2.33. The van der Waals surface area contributed by atoms with E-state index in [2.05, 4.69) is 85.6 Å². The molecule has 0 aliphatic carbocycles. The van der Waals surface area contributed by atoms with Crippen LogP contribution < -0.4 is 0 Å². The molecule has 2 aromatic carbocycles. The van der Waals surface area contributed by atoms with E-state index in [1.54, 1.807) is 0 Å². The first kappa shape index (κ1) is 28.1. The van der Waals surface area contributed by atoms with Gasteiger partial charge in [0.25, 0.3) is 0 Å². The Labute approximate surface area is 210 Å². The van der Waals surface area contributed by atoms with Gasteiger partial charge < -0.3 is 4.90 Å². The summed E-state index contributed by atoms with van der Waals surface area (Å²) in [6.07, 6.45) is 16.5. The van der Waals surface area contributed by atoms with Crippen LogP contribution in [0, 0.1) is 17.2 Å². The van der Waals surface area contributed by atoms with Crippen LogP contribution >= 0.6 is 0 Å². The fourth-order valence-corrected chi connectivity index (χ4v) is 4.99. The lowest BCUT2D eigenvalue weighted by Crippen LogP contribution is -2.23. The zero-order valence-electron chi connectivity index (χ0n) is 21.9. The summed E-state index contributed by atoms with van der Waals surface area (Å²) in [7, 11) is 2.21. The van der Waals surface area contributed by atoms with Gasteiger partial charge in [0.15, 0.2) is 0 Å². The molecule has 0 N–H and O–H groups in total. The summed E-state index contributed by atoms with van der Waals surface area (Å²) in [5.74, 6) is 0.476. The highest BCUT2D eigenvalue weighted by molar-refractivity contribution is 5.22. The van der Waals surface area contributed by atoms with Crippen molar-refractivity contribution in [2.24, 2.45) is 5.92 Å². The molecule has 2 aromatic rings. The lowest BCUT2D eigenvalue weighted by Gasteiger charge is -2.24. The fourth-order valence-electron chi connectivity index (χ4n) is 4.99. The molecule has 0 aromatic heterocycles. The molecule has 2 atom stereocenters. The number of unbranched alkanes of at least 4 members (excludes halogenated alkanes) is 8. The predicted molar refractivity (Wildman–Crippen MR) is 147 cm³/mol. The SMILES string of the molecule is CCCCCCCCCCCC(c1ccccc1)C(C#N)CCCN(C)CCc1ccccc1. The Balaban J connectivity index is 1.75. The molecule has 0 fully saturated rings. The molecule has 34 heavy (non-hydrogen) atoms. The topological polar surface area (TPSA) is 27.0 Å². The molecule has 2 heteroatoms. The number of nitriles is 1. The van der Waals surface area contributed by atoms with E-state index in [1.165, 1.54) is 68.9 Å². The molecule has 186 valence electrons. The van der Waals surface area contributed by atoms with E-state index in [0.29, 0.717) is 5.92 Å². The minimum Gasteiger partial charge on any atom is -0.306 e. The minimum atomic E-state index is 0.110. The first-order valence-electron chi connectivity index (χ1n) is 13.9. The van der Waals surface area contributed by atoms with E-state index in [1.807, 2.05) is 0 Å². The molecule has 0 bridgehead atoms. The van der Waals surface area contributed by atoms with Gasteiger partial charge in [-0.2, -0.15) is 5.26 Å². The van der Waals surface area contributed by atoms with Crippen LogP contribution in [0.1, 0.15) is 101 Å². The summed E-state index contributed by atoms with van der Waals surface area (Å²) in [5, 5.41) is 10.1. The monoisotopic (exact) mass is 460 g/mol. The molecule has 0 aliphatic rings. The van der Waals surface area contributed by atoms with Crippen LogP contribution in [-0.2, 0) is 6.42 Å². The minimum absolute atomic E-state index is 0.110. The van der Waals surface area contributed by atoms with Crippen LogP contribution in [0.3, 0.4) is 0 Å². The van der Waals surface area contributed by atoms with Crippen LogP contribution in [0.2, 0.25) is 0 Å². The third kappa shape index (κ3) is 11.8. The molecular formula is C32H48N2. The summed E-state index contributed by atoms with van der Waals surface area (Å²) in [6, 6.07) is 24.2. The highest BCUT2D eigenvalue weighted by atomic mass is 15.1. The maximum atomic E-state index is 10.1. The summed E-state index contributed by atoms with van der Waals surface area (Å²) in [6.45, 7) is 4.41. The Kier molecular flexibility index (Phi) is 15.1. The third-order valence-electron chi connectivity index (χ3n) is 7.18. The summed E-state index contributed by atoms with van der Waals surface area (Å²) < 4.78 is 0. The van der Waals surface area contributed by atoms with Crippen molar-refractivity contribution >= 4 is 0 Å². The predicted octanol–water partition coefficient (Wildman–Crippen LogP) is 8.79. The van der Waals surface area contributed by atoms with Crippen molar-refractivity contribution in [3.63, 3.8) is 0 Å². The van der Waals surface area contributed by atoms with Gasteiger partial charge in [-0.1, -0.05) is 125 Å². The number of hydrogen-bond donors (Lipinski definition) is 0. The van der Waals surface area contributed by atoms with Crippen molar-refractivity contribution in [1.82, 2.24) is 4.90 Å². The van der Waals surface area contributed by atoms with Crippen LogP contribution in [0.15, 0.2) is 60.7 Å². The average molecular weight is 461 g/mol. The van der Waals surface area contributed by atoms with E-state index >= 15 is 0 Å². The van der Waals surface area contributed by atoms with Crippen LogP contribution in [0.5, 0.6) is 0 Å². The normalized spacial score (nSPS) is 13.0. The zero-order chi connectivity index (χ0) is 24.3. The Morgan fingerprint density at radius 1 is 0.706 bits per heavy atom. The quantitative estimate of drug-likeness (QED) is 0.196. The Hall–Kier alpha value is -2.11. The van der Waals surface area contributed by atoms with Gasteiger partial charge in [0.05, 0.1) is 12.0 Å². The number of likely N-dealkylation sites (N-methyl/N-ethyl adjacent to an activating group) is 1. The van der Waals surface area contributed by atoms with Crippen molar-refractivity contribution in [1.29, 1.82) is 5.26 Å². The number of nitrogens with zero attached hydrogens (tertiary/aromatic N) is 2. The largest absolute Gasteiger partial charge is 0.306 e. The Morgan fingerprint density at radius 3 is 1.91 bits per heavy atom. The van der Waals surface area contributed by atoms with Gasteiger partial charge >= 0.3 is 0 Å². The van der Waals surface area contributed by atoms with E-state index < -0.39 is 0 Å². The fraction of sp³-hybridized carbons (Fsp3) is 0.594. The van der Waals surface area contributed by atoms with Gasteiger partial charge in [0.2, 0.25) is 0 Å². The first-order valence-corrected chi connectivity index (χ1v) is 13.9. The van der Waals surface area contributed by atoms with Gasteiger partial charge in [-0.05, 0) is 56.3 Å². The maximum Gasteiger partial charge on any atom is 0.0662 e. The molecule has 0 radical (unpaired) electrons. The van der Waals surface area contributed by atoms with Gasteiger partial charge in [0, 0.05) is 6.54 Å². The van der Waals surface area contributed by atoms with Gasteiger partial charge in [-0.25, -0.2) is 0 Å². The Bertz CT molecular complexity index is 765. The lowest BCUT2D eigenvalue weighted by atomic mass is 9.80. The molecule has 0 amide bonds. The third-order valence-corrected chi connectivity index (χ3v) is 7.18. The smallest absolute Gasteiger partial charge is 0.0662 e. The lowest BCUT2D eigenvalue weighted by molar-refractivity contribution is 0.314. The van der Waals surface area contributed by atoms with Crippen molar-refractivity contribution < 1.29 is 0 Å². The second-order valence-electron chi connectivity index (χ2n) is 10.1. The zero-order valence-corrected chi connectivity index (χ0v) is 21.9. The van der Waals surface area contributed by atoms with Crippen LogP contribution in [0.25, 0.3) is 0 Å². The first-order chi connectivity index (χ1) is 16.7. The maximum absolute atomic E-state index is 10.1. The van der Waals surface area contributed by atoms with E-state index in [0.717, 1.165) is 38.8 Å². The molecule has 0 aliphatic heterocycles. The summed E-state index contributed by atoms with van der Waals surface area (Å²) in [5.41, 5.74) is 2.75. The summed E-state index contributed by atoms with van der Waals surface area (Å²) >= 11 is 0. The van der Waals surface area contributed by atoms with Crippen molar-refractivity contribution in [3.05, 3.63) is 71.8 Å². The van der Waals surface area contributed by atoms with Crippen LogP contribution in [-0.4, -0.2) is 25.0 Å². The second kappa shape index (κ2) is 18.2. The van der Waals surface area contributed by atoms with E-state index in [4.69, 9.17) is 0 Å². The number of hydrogen-bond acceptors (Lipinski definition) is 2. The van der Waals surface area contributed by atoms with Gasteiger partial charge in [-0.3, -0.25) is 0 Å². The Morgan fingerprint density at radius 2 is 1.29 bits per heavy atom. The highest BCUT2D eigenvalue weighted by Gasteiger charge is 2.22. The van der Waals surface area contributed by atoms with Crippen LogP contribution in [0.4, 0.5) is 0 Å². The average Bonchev–Trinajstić information content (AvgIpc) is 2.88. The second-order valence-corrected chi connectivity index (χ2v) is 10.1. The summed E-state index contributed by atoms with van der Waals surface area (Å²) in [4.78, 5) is 2.42. The van der Waals surface area contributed by atoms with Gasteiger partial charge in [-0.15, -0.1) is 0 Å². The molecule has 2 nitrogen and oxygen atoms in total. The molecule has 2 rings (SSSR count). The molecule has 0 saturated carbocycles. The standard InChI is InChI=1S/C32H48N2/c1-3-4-5-6-7-8-9-10-17-24-32(30-21-15-12-16-22-30)31(28-33)23-18-26-34(2)27-25-29-19-13-11-14-20-29/h11-16,19-22,31-32H,3-10,17-18,23-27H2,1-2H3. The molecule has 0 heterocycles. The van der Waals surface area contributed by atoms with Gasteiger partial charge in [0.1, 0.15) is 0 Å². The van der Waals surface area contributed by atoms with Crippen molar-refractivity contribution in [2.45, 2.75) is 96.3 Å². The molecular weight excluding hydrogens is 412 g/mol. The van der Waals surface area contributed by atoms with Crippen molar-refractivity contribution in [2.75, 3.05) is 20.1 Å². The molecule has 2 unspecified atom stereocenters.